The molecule has 1 aliphatic rings. The molecule has 0 unspecified atom stereocenters. The highest BCUT2D eigenvalue weighted by Gasteiger charge is 2.43. The molecular formula is C17H22N2O6S. The summed E-state index contributed by atoms with van der Waals surface area (Å²) in [5.74, 6) is -2.47. The zero-order chi connectivity index (χ0) is 19.6. The van der Waals surface area contributed by atoms with Crippen molar-refractivity contribution in [3.8, 4) is 0 Å². The zero-order valence-corrected chi connectivity index (χ0v) is 15.7. The highest BCUT2D eigenvalue weighted by atomic mass is 32.2. The summed E-state index contributed by atoms with van der Waals surface area (Å²) in [6, 6.07) is 2.13. The number of hydrogen-bond acceptors (Lipinski definition) is 5. The Kier molecular flexibility index (Phi) is 5.70. The zero-order valence-electron chi connectivity index (χ0n) is 14.9. The van der Waals surface area contributed by atoms with E-state index in [1.54, 1.807) is 13.8 Å². The lowest BCUT2D eigenvalue weighted by Crippen LogP contribution is -2.40. The first kappa shape index (κ1) is 19.9. The van der Waals surface area contributed by atoms with Gasteiger partial charge >= 0.3 is 5.97 Å². The molecule has 8 nitrogen and oxygen atoms in total. The van der Waals surface area contributed by atoms with E-state index in [0.29, 0.717) is 6.42 Å². The van der Waals surface area contributed by atoms with Gasteiger partial charge in [-0.05, 0) is 38.5 Å². The molecule has 2 rings (SSSR count). The number of hydrogen-bond donors (Lipinski definition) is 2. The van der Waals surface area contributed by atoms with Gasteiger partial charge in [-0.3, -0.25) is 9.59 Å². The number of nitrogens with zero attached hydrogens (tertiary/aromatic N) is 1. The number of carbonyl (C=O) groups is 3. The molecule has 0 bridgehead atoms. The third-order valence-electron chi connectivity index (χ3n) is 4.13. The van der Waals surface area contributed by atoms with Crippen LogP contribution in [0.4, 0.5) is 0 Å². The van der Waals surface area contributed by atoms with Crippen LogP contribution in [0.2, 0.25) is 0 Å². The molecule has 2 amide bonds. The molecule has 1 aromatic rings. The Morgan fingerprint density at radius 1 is 1.27 bits per heavy atom. The number of benzene rings is 1. The van der Waals surface area contributed by atoms with Crippen LogP contribution in [0.25, 0.3) is 0 Å². The fraction of sp³-hybridized carbons (Fsp3) is 0.471. The molecule has 1 aromatic carbocycles. The molecule has 0 fully saturated rings. The van der Waals surface area contributed by atoms with Crippen LogP contribution in [-0.4, -0.2) is 47.7 Å². The Balaban J connectivity index is 2.32. The predicted octanol–water partition coefficient (Wildman–Crippen LogP) is 1.61. The number of unbranched alkanes of at least 4 members (excludes halogenated alkanes) is 1. The number of rotatable bonds is 7. The lowest BCUT2D eigenvalue weighted by Gasteiger charge is -2.18. The minimum absolute atomic E-state index is 0.00604. The first-order chi connectivity index (χ1) is 12.1. The van der Waals surface area contributed by atoms with Crippen LogP contribution in [0.3, 0.4) is 0 Å². The van der Waals surface area contributed by atoms with Gasteiger partial charge in [-0.2, -0.15) is 0 Å². The molecule has 0 radical (unpaired) electrons. The number of sulfonamides is 1. The smallest absolute Gasteiger partial charge is 0.326 e. The summed E-state index contributed by atoms with van der Waals surface area (Å²) in [7, 11) is -4.02. The molecule has 9 heteroatoms. The normalized spacial score (nSPS) is 16.5. The maximum absolute atomic E-state index is 12.6. The molecule has 2 N–H and O–H groups in total. The van der Waals surface area contributed by atoms with E-state index in [-0.39, 0.29) is 22.4 Å². The van der Waals surface area contributed by atoms with E-state index in [2.05, 4.69) is 5.32 Å². The summed E-state index contributed by atoms with van der Waals surface area (Å²) in [4.78, 5) is 35.7. The number of carboxylic acids is 1. The maximum atomic E-state index is 12.6. The van der Waals surface area contributed by atoms with Gasteiger partial charge in [-0.25, -0.2) is 17.5 Å². The number of amides is 2. The van der Waals surface area contributed by atoms with Gasteiger partial charge in [0.25, 0.3) is 21.8 Å². The summed E-state index contributed by atoms with van der Waals surface area (Å²) < 4.78 is 25.9. The quantitative estimate of drug-likeness (QED) is 0.739. The van der Waals surface area contributed by atoms with Crippen LogP contribution in [-0.2, 0) is 14.8 Å². The molecule has 142 valence electrons. The summed E-state index contributed by atoms with van der Waals surface area (Å²) in [5.41, 5.74) is 0.00416. The van der Waals surface area contributed by atoms with Crippen LogP contribution in [0.15, 0.2) is 23.1 Å². The first-order valence-electron chi connectivity index (χ1n) is 8.37. The van der Waals surface area contributed by atoms with Crippen molar-refractivity contribution in [3.05, 3.63) is 29.3 Å². The Bertz CT molecular complexity index is 847. The highest BCUT2D eigenvalue weighted by molar-refractivity contribution is 7.90. The Hall–Kier alpha value is -2.42. The van der Waals surface area contributed by atoms with Crippen LogP contribution in [0.5, 0.6) is 0 Å². The number of nitrogens with one attached hydrogen (secondary N) is 1. The van der Waals surface area contributed by atoms with Crippen LogP contribution in [0, 0.1) is 0 Å². The summed E-state index contributed by atoms with van der Waals surface area (Å²) in [5, 5.41) is 11.6. The molecule has 0 spiro atoms. The molecule has 26 heavy (non-hydrogen) atoms. The van der Waals surface area contributed by atoms with Crippen molar-refractivity contribution in [1.82, 2.24) is 9.62 Å². The van der Waals surface area contributed by atoms with Crippen molar-refractivity contribution in [3.63, 3.8) is 0 Å². The van der Waals surface area contributed by atoms with Crippen LogP contribution >= 0.6 is 0 Å². The monoisotopic (exact) mass is 382 g/mol. The van der Waals surface area contributed by atoms with E-state index in [0.717, 1.165) is 16.8 Å². The second-order valence-corrected chi connectivity index (χ2v) is 8.20. The van der Waals surface area contributed by atoms with Gasteiger partial charge in [0, 0.05) is 11.6 Å². The van der Waals surface area contributed by atoms with E-state index in [1.165, 1.54) is 12.1 Å². The summed E-state index contributed by atoms with van der Waals surface area (Å²) >= 11 is 0. The molecule has 0 aromatic heterocycles. The number of aliphatic carboxylic acids is 1. The largest absolute Gasteiger partial charge is 0.480 e. The van der Waals surface area contributed by atoms with Gasteiger partial charge in [0.1, 0.15) is 10.9 Å². The third kappa shape index (κ3) is 3.57. The van der Waals surface area contributed by atoms with Crippen molar-refractivity contribution < 1.29 is 27.9 Å². The fourth-order valence-electron chi connectivity index (χ4n) is 2.81. The molecule has 1 heterocycles. The molecule has 1 atom stereocenters. The average Bonchev–Trinajstić information content (AvgIpc) is 2.76. The van der Waals surface area contributed by atoms with E-state index >= 15 is 0 Å². The van der Waals surface area contributed by atoms with Gasteiger partial charge in [-0.15, -0.1) is 0 Å². The lowest BCUT2D eigenvalue weighted by atomic mass is 10.1. The van der Waals surface area contributed by atoms with E-state index in [9.17, 15) is 27.9 Å². The molecule has 0 saturated heterocycles. The minimum atomic E-state index is -4.02. The van der Waals surface area contributed by atoms with Crippen molar-refractivity contribution in [2.24, 2.45) is 0 Å². The Morgan fingerprint density at radius 2 is 1.92 bits per heavy atom. The summed E-state index contributed by atoms with van der Waals surface area (Å²) in [6.07, 6.45) is 1.69. The van der Waals surface area contributed by atoms with E-state index in [1.807, 2.05) is 6.92 Å². The van der Waals surface area contributed by atoms with E-state index < -0.39 is 39.9 Å². The van der Waals surface area contributed by atoms with Crippen molar-refractivity contribution in [2.45, 2.75) is 57.0 Å². The average molecular weight is 382 g/mol. The molecule has 1 aliphatic heterocycles. The van der Waals surface area contributed by atoms with Gasteiger partial charge in [0.05, 0.1) is 5.56 Å². The molecule has 0 aliphatic carbocycles. The Morgan fingerprint density at radius 3 is 2.46 bits per heavy atom. The van der Waals surface area contributed by atoms with Crippen molar-refractivity contribution in [1.29, 1.82) is 0 Å². The lowest BCUT2D eigenvalue weighted by molar-refractivity contribution is -0.139. The summed E-state index contributed by atoms with van der Waals surface area (Å²) in [6.45, 7) is 5.07. The minimum Gasteiger partial charge on any atom is -0.480 e. The van der Waals surface area contributed by atoms with Gasteiger partial charge in [0.15, 0.2) is 0 Å². The first-order valence-corrected chi connectivity index (χ1v) is 9.81. The van der Waals surface area contributed by atoms with Crippen LogP contribution in [0.1, 0.15) is 60.7 Å². The number of fused-ring (bicyclic) bond motifs is 1. The molecule has 0 saturated carbocycles. The highest BCUT2D eigenvalue weighted by Crippen LogP contribution is 2.32. The topological polar surface area (TPSA) is 121 Å². The van der Waals surface area contributed by atoms with Gasteiger partial charge < -0.3 is 10.4 Å². The SMILES string of the molecule is CCCC[C@H](NC(=O)c1ccc2c(c1)S(=O)(=O)N(C(C)C)C2=O)C(=O)O. The van der Waals surface area contributed by atoms with Gasteiger partial charge in [-0.1, -0.05) is 19.8 Å². The van der Waals surface area contributed by atoms with Crippen LogP contribution < -0.4 is 5.32 Å². The standard InChI is InChI=1S/C17H22N2O6S/c1-4-5-6-13(17(22)23)18-15(20)11-7-8-12-14(9-11)26(24,25)19(10(2)3)16(12)21/h7-10,13H,4-6H2,1-3H3,(H,18,20)(H,22,23)/t13-/m0/s1. The molecular weight excluding hydrogens is 360 g/mol. The number of carbonyl (C=O) groups excluding carboxylic acids is 2. The Labute approximate surface area is 152 Å². The van der Waals surface area contributed by atoms with E-state index in [4.69, 9.17) is 0 Å². The fourth-order valence-corrected chi connectivity index (χ4v) is 4.60. The maximum Gasteiger partial charge on any atom is 0.326 e. The predicted molar refractivity (Wildman–Crippen MR) is 93.3 cm³/mol. The van der Waals surface area contributed by atoms with Crippen molar-refractivity contribution in [2.75, 3.05) is 0 Å². The number of carboxylic acid groups (broad SMARTS) is 1. The van der Waals surface area contributed by atoms with Crippen molar-refractivity contribution >= 4 is 27.8 Å². The second-order valence-electron chi connectivity index (χ2n) is 6.42. The second kappa shape index (κ2) is 7.45. The third-order valence-corrected chi connectivity index (χ3v) is 6.13. The van der Waals surface area contributed by atoms with Gasteiger partial charge in [0.2, 0.25) is 0 Å².